The minimum absolute atomic E-state index is 0.141. The maximum absolute atomic E-state index is 11.3. The molecule has 1 aromatic heterocycles. The molecule has 66 valence electrons. The van der Waals surface area contributed by atoms with Crippen LogP contribution in [-0.2, 0) is 0 Å². The summed E-state index contributed by atoms with van der Waals surface area (Å²) in [5, 5.41) is 10.4. The third kappa shape index (κ3) is 2.97. The third-order valence-corrected chi connectivity index (χ3v) is 3.11. The van der Waals surface area contributed by atoms with Crippen LogP contribution in [0.5, 0.6) is 0 Å². The number of ketones is 1. The first-order chi connectivity index (χ1) is 5.84. The lowest BCUT2D eigenvalue weighted by Crippen LogP contribution is -2.01. The number of thiophene rings is 1. The van der Waals surface area contributed by atoms with Gasteiger partial charge in [-0.15, -0.1) is 11.3 Å². The van der Waals surface area contributed by atoms with E-state index in [-0.39, 0.29) is 12.4 Å². The van der Waals surface area contributed by atoms with Gasteiger partial charge in [0.1, 0.15) is 0 Å². The number of carbonyl (C=O) groups excluding carboxylic acids is 1. The minimum Gasteiger partial charge on any atom is -0.396 e. The van der Waals surface area contributed by atoms with Crippen LogP contribution in [0, 0.1) is 0 Å². The van der Waals surface area contributed by atoms with Crippen molar-refractivity contribution in [1.29, 1.82) is 0 Å². The number of hydrogen-bond donors (Lipinski definition) is 1. The first-order valence-electron chi connectivity index (χ1n) is 3.60. The van der Waals surface area contributed by atoms with Gasteiger partial charge in [0.05, 0.1) is 17.2 Å². The number of carbonyl (C=O) groups is 1. The fourth-order valence-corrected chi connectivity index (χ4v) is 2.11. The third-order valence-electron chi connectivity index (χ3n) is 1.26. The number of aliphatic hydroxyl groups excluding tert-OH is 1. The largest absolute Gasteiger partial charge is 0.396 e. The number of rotatable bonds is 5. The lowest BCUT2D eigenvalue weighted by atomic mass is 10.4. The molecule has 1 aromatic rings. The molecule has 0 fully saturated rings. The molecule has 0 aromatic carbocycles. The van der Waals surface area contributed by atoms with Gasteiger partial charge < -0.3 is 5.11 Å². The zero-order valence-corrected chi connectivity index (χ0v) is 8.16. The van der Waals surface area contributed by atoms with Gasteiger partial charge in [-0.3, -0.25) is 4.79 Å². The normalized spacial score (nSPS) is 10.1. The Bertz CT molecular complexity index is 231. The van der Waals surface area contributed by atoms with Gasteiger partial charge in [0.15, 0.2) is 5.78 Å². The van der Waals surface area contributed by atoms with E-state index >= 15 is 0 Å². The SMILES string of the molecule is O=C(CSCCO)c1cccs1. The van der Waals surface area contributed by atoms with Crippen LogP contribution in [0.4, 0.5) is 0 Å². The van der Waals surface area contributed by atoms with Gasteiger partial charge >= 0.3 is 0 Å². The van der Waals surface area contributed by atoms with Crippen LogP contribution in [0.3, 0.4) is 0 Å². The van der Waals surface area contributed by atoms with Crippen molar-refractivity contribution in [2.75, 3.05) is 18.1 Å². The molecule has 0 radical (unpaired) electrons. The highest BCUT2D eigenvalue weighted by Crippen LogP contribution is 2.12. The molecule has 1 rings (SSSR count). The molecule has 0 atom stereocenters. The molecular weight excluding hydrogens is 192 g/mol. The van der Waals surface area contributed by atoms with Gasteiger partial charge in [-0.05, 0) is 11.4 Å². The number of hydrogen-bond acceptors (Lipinski definition) is 4. The van der Waals surface area contributed by atoms with E-state index in [0.29, 0.717) is 11.5 Å². The van der Waals surface area contributed by atoms with E-state index in [0.717, 1.165) is 4.88 Å². The van der Waals surface area contributed by atoms with Gasteiger partial charge in [-0.25, -0.2) is 0 Å². The van der Waals surface area contributed by atoms with Gasteiger partial charge in [-0.1, -0.05) is 6.07 Å². The van der Waals surface area contributed by atoms with E-state index in [9.17, 15) is 4.79 Å². The van der Waals surface area contributed by atoms with E-state index in [1.165, 1.54) is 23.1 Å². The second kappa shape index (κ2) is 5.35. The predicted molar refractivity (Wildman–Crippen MR) is 53.1 cm³/mol. The predicted octanol–water partition coefficient (Wildman–Crippen LogP) is 1.66. The molecule has 1 N–H and O–H groups in total. The van der Waals surface area contributed by atoms with Gasteiger partial charge in [0.2, 0.25) is 0 Å². The molecule has 0 aliphatic heterocycles. The summed E-state index contributed by atoms with van der Waals surface area (Å²) in [5.74, 6) is 1.27. The van der Waals surface area contributed by atoms with Crippen molar-refractivity contribution in [2.45, 2.75) is 0 Å². The second-order valence-corrected chi connectivity index (χ2v) is 4.23. The van der Waals surface area contributed by atoms with E-state index in [1.54, 1.807) is 0 Å². The van der Waals surface area contributed by atoms with Crippen molar-refractivity contribution in [2.24, 2.45) is 0 Å². The summed E-state index contributed by atoms with van der Waals surface area (Å²) < 4.78 is 0. The highest BCUT2D eigenvalue weighted by Gasteiger charge is 2.05. The summed E-state index contributed by atoms with van der Waals surface area (Å²) in [4.78, 5) is 12.1. The van der Waals surface area contributed by atoms with Gasteiger partial charge in [0, 0.05) is 5.75 Å². The van der Waals surface area contributed by atoms with Crippen LogP contribution >= 0.6 is 23.1 Å². The Morgan fingerprint density at radius 3 is 3.08 bits per heavy atom. The summed E-state index contributed by atoms with van der Waals surface area (Å²) in [6.45, 7) is 0.141. The van der Waals surface area contributed by atoms with Crippen LogP contribution in [0.1, 0.15) is 9.67 Å². The maximum Gasteiger partial charge on any atom is 0.182 e. The molecule has 2 nitrogen and oxygen atoms in total. The fourth-order valence-electron chi connectivity index (χ4n) is 0.738. The lowest BCUT2D eigenvalue weighted by Gasteiger charge is -1.95. The summed E-state index contributed by atoms with van der Waals surface area (Å²) >= 11 is 2.93. The topological polar surface area (TPSA) is 37.3 Å². The number of aliphatic hydroxyl groups is 1. The quantitative estimate of drug-likeness (QED) is 0.583. The summed E-state index contributed by atoms with van der Waals surface area (Å²) in [5.41, 5.74) is 0. The molecule has 0 amide bonds. The highest BCUT2D eigenvalue weighted by molar-refractivity contribution is 8.00. The molecule has 12 heavy (non-hydrogen) atoms. The average molecular weight is 202 g/mol. The lowest BCUT2D eigenvalue weighted by molar-refractivity contribution is 0.102. The highest BCUT2D eigenvalue weighted by atomic mass is 32.2. The van der Waals surface area contributed by atoms with E-state index in [4.69, 9.17) is 5.11 Å². The zero-order chi connectivity index (χ0) is 8.81. The van der Waals surface area contributed by atoms with Crippen molar-refractivity contribution < 1.29 is 9.90 Å². The van der Waals surface area contributed by atoms with E-state index < -0.39 is 0 Å². The van der Waals surface area contributed by atoms with Crippen molar-refractivity contribution >= 4 is 28.9 Å². The Kier molecular flexibility index (Phi) is 4.35. The van der Waals surface area contributed by atoms with Gasteiger partial charge in [0.25, 0.3) is 0 Å². The Morgan fingerprint density at radius 1 is 1.67 bits per heavy atom. The van der Waals surface area contributed by atoms with Crippen LogP contribution in [0.2, 0.25) is 0 Å². The molecular formula is C8H10O2S2. The molecule has 4 heteroatoms. The van der Waals surface area contributed by atoms with Crippen molar-refractivity contribution in [3.05, 3.63) is 22.4 Å². The van der Waals surface area contributed by atoms with E-state index in [2.05, 4.69) is 0 Å². The smallest absolute Gasteiger partial charge is 0.182 e. The zero-order valence-electron chi connectivity index (χ0n) is 6.53. The first-order valence-corrected chi connectivity index (χ1v) is 5.63. The van der Waals surface area contributed by atoms with Crippen LogP contribution in [-0.4, -0.2) is 29.0 Å². The second-order valence-electron chi connectivity index (χ2n) is 2.18. The molecule has 0 bridgehead atoms. The molecule has 0 aliphatic rings. The van der Waals surface area contributed by atoms with Gasteiger partial charge in [-0.2, -0.15) is 11.8 Å². The molecule has 0 unspecified atom stereocenters. The van der Waals surface area contributed by atoms with Crippen LogP contribution in [0.15, 0.2) is 17.5 Å². The van der Waals surface area contributed by atoms with E-state index in [1.807, 2.05) is 17.5 Å². The van der Waals surface area contributed by atoms with Crippen molar-refractivity contribution in [3.63, 3.8) is 0 Å². The Morgan fingerprint density at radius 2 is 2.50 bits per heavy atom. The summed E-state index contributed by atoms with van der Waals surface area (Å²) in [6.07, 6.45) is 0. The molecule has 0 aliphatic carbocycles. The summed E-state index contributed by atoms with van der Waals surface area (Å²) in [7, 11) is 0. The Labute approximate surface area is 79.6 Å². The number of thioether (sulfide) groups is 1. The molecule has 1 heterocycles. The minimum atomic E-state index is 0.141. The average Bonchev–Trinajstić information content (AvgIpc) is 2.56. The maximum atomic E-state index is 11.3. The molecule has 0 spiro atoms. The van der Waals surface area contributed by atoms with Crippen molar-refractivity contribution in [3.8, 4) is 0 Å². The summed E-state index contributed by atoms with van der Waals surface area (Å²) in [6, 6.07) is 3.70. The monoisotopic (exact) mass is 202 g/mol. The van der Waals surface area contributed by atoms with Crippen molar-refractivity contribution in [1.82, 2.24) is 0 Å². The van der Waals surface area contributed by atoms with Crippen LogP contribution in [0.25, 0.3) is 0 Å². The molecule has 0 saturated heterocycles. The Balaban J connectivity index is 2.30. The molecule has 0 saturated carbocycles. The number of Topliss-reactive ketones (excluding diaryl/α,β-unsaturated/α-hetero) is 1. The standard InChI is InChI=1S/C8H10O2S2/c9-3-5-11-6-7(10)8-2-1-4-12-8/h1-2,4,9H,3,5-6H2. The fraction of sp³-hybridized carbons (Fsp3) is 0.375. The Hall–Kier alpha value is -0.320. The first kappa shape index (κ1) is 9.77. The van der Waals surface area contributed by atoms with Crippen LogP contribution < -0.4 is 0 Å².